The van der Waals surface area contributed by atoms with Crippen LogP contribution in [0, 0.1) is 6.92 Å². The lowest BCUT2D eigenvalue weighted by Gasteiger charge is -2.08. The second-order valence-electron chi connectivity index (χ2n) is 6.33. The zero-order valence-corrected chi connectivity index (χ0v) is 13.8. The molecule has 0 saturated heterocycles. The van der Waals surface area contributed by atoms with Gasteiger partial charge in [0, 0.05) is 24.5 Å². The molecule has 2 heterocycles. The lowest BCUT2D eigenvalue weighted by molar-refractivity contribution is 0.463. The molecule has 0 spiro atoms. The van der Waals surface area contributed by atoms with Crippen molar-refractivity contribution in [3.63, 3.8) is 0 Å². The summed E-state index contributed by atoms with van der Waals surface area (Å²) in [6, 6.07) is 4.85. The van der Waals surface area contributed by atoms with Gasteiger partial charge in [-0.2, -0.15) is 10.2 Å². The van der Waals surface area contributed by atoms with Crippen LogP contribution in [-0.4, -0.2) is 19.6 Å². The summed E-state index contributed by atoms with van der Waals surface area (Å²) in [6.07, 6.45) is 9.72. The number of unbranched alkanes of at least 4 members (excludes halogenated alkanes) is 1. The number of hydrogen-bond donors (Lipinski definition) is 1. The van der Waals surface area contributed by atoms with E-state index in [1.807, 2.05) is 0 Å². The minimum Gasteiger partial charge on any atom is -0.363 e. The predicted octanol–water partition coefficient (Wildman–Crippen LogP) is 3.92. The quantitative estimate of drug-likeness (QED) is 0.843. The lowest BCUT2D eigenvalue weighted by Crippen LogP contribution is -2.07. The number of aryl methyl sites for hydroxylation is 2. The summed E-state index contributed by atoms with van der Waals surface area (Å²) < 4.78 is 4.23. The van der Waals surface area contributed by atoms with Gasteiger partial charge in [0.1, 0.15) is 5.82 Å². The molecule has 1 aliphatic rings. The third-order valence-electron chi connectivity index (χ3n) is 4.52. The molecule has 1 fully saturated rings. The second kappa shape index (κ2) is 6.99. The first kappa shape index (κ1) is 15.1. The van der Waals surface area contributed by atoms with Crippen LogP contribution in [0.2, 0.25) is 0 Å². The van der Waals surface area contributed by atoms with E-state index < -0.39 is 0 Å². The van der Waals surface area contributed by atoms with E-state index in [1.54, 1.807) is 0 Å². The summed E-state index contributed by atoms with van der Waals surface area (Å²) in [5.74, 6) is 0.948. The Labute approximate surface area is 132 Å². The molecule has 22 heavy (non-hydrogen) atoms. The molecule has 0 unspecified atom stereocenters. The average Bonchev–Trinajstić information content (AvgIpc) is 3.24. The van der Waals surface area contributed by atoms with Crippen molar-refractivity contribution in [2.24, 2.45) is 0 Å². The molecule has 0 atom stereocenters. The van der Waals surface area contributed by atoms with Crippen LogP contribution in [-0.2, 0) is 13.1 Å². The first-order valence-corrected chi connectivity index (χ1v) is 8.58. The van der Waals surface area contributed by atoms with Gasteiger partial charge in [-0.25, -0.2) is 0 Å². The van der Waals surface area contributed by atoms with E-state index >= 15 is 0 Å². The van der Waals surface area contributed by atoms with E-state index in [9.17, 15) is 0 Å². The fourth-order valence-corrected chi connectivity index (χ4v) is 3.16. The highest BCUT2D eigenvalue weighted by atomic mass is 15.3. The van der Waals surface area contributed by atoms with E-state index in [2.05, 4.69) is 52.0 Å². The van der Waals surface area contributed by atoms with E-state index in [0.717, 1.165) is 24.6 Å². The molecule has 1 aliphatic carbocycles. The van der Waals surface area contributed by atoms with E-state index in [4.69, 9.17) is 5.10 Å². The largest absolute Gasteiger partial charge is 0.363 e. The van der Waals surface area contributed by atoms with Crippen molar-refractivity contribution >= 4 is 5.82 Å². The molecule has 5 heteroatoms. The van der Waals surface area contributed by atoms with Gasteiger partial charge < -0.3 is 5.32 Å². The number of hydrogen-bond acceptors (Lipinski definition) is 3. The van der Waals surface area contributed by atoms with Gasteiger partial charge in [-0.1, -0.05) is 26.2 Å². The van der Waals surface area contributed by atoms with Crippen LogP contribution in [0.5, 0.6) is 0 Å². The Hall–Kier alpha value is -1.78. The van der Waals surface area contributed by atoms with Crippen LogP contribution in [0.4, 0.5) is 5.82 Å². The van der Waals surface area contributed by atoms with Crippen LogP contribution >= 0.6 is 0 Å². The summed E-state index contributed by atoms with van der Waals surface area (Å²) in [5.41, 5.74) is 2.31. The first-order chi connectivity index (χ1) is 10.8. The van der Waals surface area contributed by atoms with E-state index in [1.165, 1.54) is 44.2 Å². The Balaban J connectivity index is 1.56. The Morgan fingerprint density at radius 1 is 1.27 bits per heavy atom. The third kappa shape index (κ3) is 3.51. The first-order valence-electron chi connectivity index (χ1n) is 8.58. The Kier molecular flexibility index (Phi) is 4.80. The predicted molar refractivity (Wildman–Crippen MR) is 88.9 cm³/mol. The molecule has 1 saturated carbocycles. The fraction of sp³-hybridized carbons (Fsp3) is 0.647. The van der Waals surface area contributed by atoms with Crippen molar-refractivity contribution in [2.45, 2.75) is 71.5 Å². The summed E-state index contributed by atoms with van der Waals surface area (Å²) in [4.78, 5) is 0. The molecule has 2 aromatic rings. The Bertz CT molecular complexity index is 592. The molecule has 5 nitrogen and oxygen atoms in total. The molecule has 0 bridgehead atoms. The number of anilines is 1. The zero-order valence-electron chi connectivity index (χ0n) is 13.8. The van der Waals surface area contributed by atoms with Gasteiger partial charge in [0.25, 0.3) is 0 Å². The van der Waals surface area contributed by atoms with Crippen LogP contribution < -0.4 is 5.32 Å². The fourth-order valence-electron chi connectivity index (χ4n) is 3.16. The van der Waals surface area contributed by atoms with Gasteiger partial charge in [-0.05, 0) is 32.3 Å². The minimum absolute atomic E-state index is 0.615. The molecule has 120 valence electrons. The smallest absolute Gasteiger partial charge is 0.148 e. The van der Waals surface area contributed by atoms with Gasteiger partial charge >= 0.3 is 0 Å². The van der Waals surface area contributed by atoms with Crippen molar-refractivity contribution in [2.75, 3.05) is 5.32 Å². The van der Waals surface area contributed by atoms with Crippen molar-refractivity contribution < 1.29 is 0 Å². The second-order valence-corrected chi connectivity index (χ2v) is 6.33. The summed E-state index contributed by atoms with van der Waals surface area (Å²) in [6.45, 7) is 6.06. The molecular formula is C17H27N5. The number of aromatic nitrogens is 4. The molecule has 3 rings (SSSR count). The van der Waals surface area contributed by atoms with Crippen LogP contribution in [0.25, 0.3) is 0 Å². The molecule has 0 amide bonds. The third-order valence-corrected chi connectivity index (χ3v) is 4.52. The van der Waals surface area contributed by atoms with Gasteiger partial charge in [0.15, 0.2) is 0 Å². The van der Waals surface area contributed by atoms with E-state index in [0.29, 0.717) is 6.04 Å². The van der Waals surface area contributed by atoms with Gasteiger partial charge in [-0.15, -0.1) is 0 Å². The summed E-state index contributed by atoms with van der Waals surface area (Å²) >= 11 is 0. The highest BCUT2D eigenvalue weighted by molar-refractivity contribution is 5.36. The molecule has 0 radical (unpaired) electrons. The standard InChI is InChI=1S/C17H27N5/c1-3-4-10-21-14(2)12-17(20-21)18-13-15-9-11-22(19-15)16-7-5-6-8-16/h9,11-12,16H,3-8,10,13H2,1-2H3,(H,18,20). The highest BCUT2D eigenvalue weighted by Gasteiger charge is 2.17. The van der Waals surface area contributed by atoms with Crippen LogP contribution in [0.1, 0.15) is 62.9 Å². The highest BCUT2D eigenvalue weighted by Crippen LogP contribution is 2.28. The number of nitrogens with one attached hydrogen (secondary N) is 1. The summed E-state index contributed by atoms with van der Waals surface area (Å²) in [5, 5.41) is 12.7. The zero-order chi connectivity index (χ0) is 15.4. The van der Waals surface area contributed by atoms with Gasteiger partial charge in [0.05, 0.1) is 18.3 Å². The monoisotopic (exact) mass is 301 g/mol. The average molecular weight is 301 g/mol. The number of rotatable bonds is 7. The topological polar surface area (TPSA) is 47.7 Å². The van der Waals surface area contributed by atoms with E-state index in [-0.39, 0.29) is 0 Å². The van der Waals surface area contributed by atoms with Crippen LogP contribution in [0.3, 0.4) is 0 Å². The van der Waals surface area contributed by atoms with Gasteiger partial charge in [0.2, 0.25) is 0 Å². The van der Waals surface area contributed by atoms with Crippen molar-refractivity contribution in [3.8, 4) is 0 Å². The molecule has 2 aromatic heterocycles. The molecule has 0 aromatic carbocycles. The normalized spacial score (nSPS) is 15.5. The maximum Gasteiger partial charge on any atom is 0.148 e. The van der Waals surface area contributed by atoms with Crippen molar-refractivity contribution in [1.29, 1.82) is 0 Å². The van der Waals surface area contributed by atoms with Crippen molar-refractivity contribution in [1.82, 2.24) is 19.6 Å². The SMILES string of the molecule is CCCCn1nc(NCc2ccn(C3CCCC3)n2)cc1C. The van der Waals surface area contributed by atoms with Crippen molar-refractivity contribution in [3.05, 3.63) is 29.7 Å². The Morgan fingerprint density at radius 2 is 2.09 bits per heavy atom. The Morgan fingerprint density at radius 3 is 2.86 bits per heavy atom. The van der Waals surface area contributed by atoms with Crippen LogP contribution in [0.15, 0.2) is 18.3 Å². The molecular weight excluding hydrogens is 274 g/mol. The number of nitrogens with zero attached hydrogens (tertiary/aromatic N) is 4. The van der Waals surface area contributed by atoms with Gasteiger partial charge in [-0.3, -0.25) is 9.36 Å². The lowest BCUT2D eigenvalue weighted by atomic mass is 10.3. The maximum atomic E-state index is 4.71. The summed E-state index contributed by atoms with van der Waals surface area (Å²) in [7, 11) is 0. The molecule has 0 aliphatic heterocycles. The maximum absolute atomic E-state index is 4.71. The molecule has 1 N–H and O–H groups in total. The minimum atomic E-state index is 0.615.